The lowest BCUT2D eigenvalue weighted by Crippen LogP contribution is -2.20. The zero-order valence-electron chi connectivity index (χ0n) is 19.3. The number of amides is 1. The van der Waals surface area contributed by atoms with Crippen molar-refractivity contribution in [2.24, 2.45) is 0 Å². The summed E-state index contributed by atoms with van der Waals surface area (Å²) in [6.45, 7) is 4.30. The molecule has 168 valence electrons. The Balaban J connectivity index is 1.65. The van der Waals surface area contributed by atoms with Gasteiger partial charge in [0, 0.05) is 34.7 Å². The van der Waals surface area contributed by atoms with Crippen LogP contribution in [0.2, 0.25) is 0 Å². The van der Waals surface area contributed by atoms with Crippen LogP contribution in [-0.2, 0) is 11.3 Å². The Morgan fingerprint density at radius 3 is 2.55 bits per heavy atom. The normalized spacial score (nSPS) is 11.5. The summed E-state index contributed by atoms with van der Waals surface area (Å²) in [7, 11) is 3.26. The monoisotopic (exact) mass is 441 g/mol. The van der Waals surface area contributed by atoms with E-state index in [0.717, 1.165) is 50.1 Å². The van der Waals surface area contributed by atoms with Crippen molar-refractivity contribution in [3.05, 3.63) is 89.7 Å². The molecule has 0 aliphatic heterocycles. The predicted octanol–water partition coefficient (Wildman–Crippen LogP) is 6.15. The third-order valence-corrected chi connectivity index (χ3v) is 5.71. The maximum absolute atomic E-state index is 12.7. The molecule has 1 amide bonds. The van der Waals surface area contributed by atoms with Crippen LogP contribution >= 0.6 is 0 Å². The lowest BCUT2D eigenvalue weighted by Gasteiger charge is -2.13. The zero-order chi connectivity index (χ0) is 23.4. The van der Waals surface area contributed by atoms with E-state index in [0.29, 0.717) is 12.3 Å². The molecular formula is C28H27NO4. The molecule has 0 saturated heterocycles. The molecule has 3 aromatic carbocycles. The van der Waals surface area contributed by atoms with E-state index in [9.17, 15) is 4.79 Å². The number of furan rings is 1. The minimum atomic E-state index is -0.175. The van der Waals surface area contributed by atoms with Gasteiger partial charge in [-0.1, -0.05) is 42.5 Å². The van der Waals surface area contributed by atoms with Crippen LogP contribution in [0.15, 0.2) is 77.4 Å². The van der Waals surface area contributed by atoms with Crippen LogP contribution in [0.5, 0.6) is 11.5 Å². The molecule has 0 aliphatic carbocycles. The van der Waals surface area contributed by atoms with Gasteiger partial charge >= 0.3 is 0 Å². The minimum absolute atomic E-state index is 0.175. The van der Waals surface area contributed by atoms with E-state index in [1.807, 2.05) is 62.4 Å². The number of benzene rings is 3. The van der Waals surface area contributed by atoms with Gasteiger partial charge in [-0.2, -0.15) is 0 Å². The largest absolute Gasteiger partial charge is 0.497 e. The first-order valence-corrected chi connectivity index (χ1v) is 10.8. The van der Waals surface area contributed by atoms with Crippen molar-refractivity contribution in [1.29, 1.82) is 0 Å². The highest BCUT2D eigenvalue weighted by atomic mass is 16.5. The van der Waals surface area contributed by atoms with Gasteiger partial charge in [0.2, 0.25) is 5.91 Å². The van der Waals surface area contributed by atoms with Crippen LogP contribution in [0.1, 0.15) is 23.6 Å². The second-order valence-electron chi connectivity index (χ2n) is 7.87. The summed E-state index contributed by atoms with van der Waals surface area (Å²) in [5, 5.41) is 3.93. The Morgan fingerprint density at radius 1 is 1.03 bits per heavy atom. The Kier molecular flexibility index (Phi) is 6.50. The summed E-state index contributed by atoms with van der Waals surface area (Å²) in [5.74, 6) is 1.28. The topological polar surface area (TPSA) is 60.7 Å². The lowest BCUT2D eigenvalue weighted by molar-refractivity contribution is -0.116. The van der Waals surface area contributed by atoms with Crippen molar-refractivity contribution in [3.63, 3.8) is 0 Å². The molecule has 1 aromatic heterocycles. The van der Waals surface area contributed by atoms with Gasteiger partial charge < -0.3 is 19.2 Å². The Morgan fingerprint density at radius 2 is 1.82 bits per heavy atom. The maximum Gasteiger partial charge on any atom is 0.244 e. The van der Waals surface area contributed by atoms with Gasteiger partial charge in [0.25, 0.3) is 0 Å². The molecule has 0 saturated carbocycles. The highest BCUT2D eigenvalue weighted by Gasteiger charge is 2.18. The summed E-state index contributed by atoms with van der Waals surface area (Å²) < 4.78 is 16.9. The highest BCUT2D eigenvalue weighted by Crippen LogP contribution is 2.40. The molecule has 4 rings (SSSR count). The third kappa shape index (κ3) is 4.62. The number of methoxy groups -OCH3 is 2. The van der Waals surface area contributed by atoms with Crippen molar-refractivity contribution >= 4 is 22.4 Å². The summed E-state index contributed by atoms with van der Waals surface area (Å²) in [6.07, 6.45) is 3.38. The van der Waals surface area contributed by atoms with Crippen molar-refractivity contribution in [2.45, 2.75) is 20.4 Å². The number of ether oxygens (including phenoxy) is 2. The van der Waals surface area contributed by atoms with E-state index < -0.39 is 0 Å². The van der Waals surface area contributed by atoms with Crippen LogP contribution in [0, 0.1) is 6.92 Å². The summed E-state index contributed by atoms with van der Waals surface area (Å²) >= 11 is 0. The molecule has 1 heterocycles. The first-order valence-electron chi connectivity index (χ1n) is 10.8. The first kappa shape index (κ1) is 22.2. The molecule has 4 aromatic rings. The molecule has 1 N–H and O–H groups in total. The second-order valence-corrected chi connectivity index (χ2v) is 7.87. The van der Waals surface area contributed by atoms with E-state index in [-0.39, 0.29) is 5.91 Å². The predicted molar refractivity (Wildman–Crippen MR) is 131 cm³/mol. The van der Waals surface area contributed by atoms with E-state index in [4.69, 9.17) is 13.9 Å². The minimum Gasteiger partial charge on any atom is -0.497 e. The quantitative estimate of drug-likeness (QED) is 0.350. The lowest BCUT2D eigenvalue weighted by atomic mass is 9.96. The first-order chi connectivity index (χ1) is 16.0. The molecule has 0 spiro atoms. The third-order valence-electron chi connectivity index (χ3n) is 5.71. The van der Waals surface area contributed by atoms with Crippen LogP contribution < -0.4 is 14.8 Å². The fraction of sp³-hybridized carbons (Fsp3) is 0.179. The standard InChI is InChI=1S/C28H27NO4/c1-18(13-26(30)29-16-20-9-8-12-22(14-20)31-3)23-15-24-25(21-10-6-5-7-11-21)17-33-28(24)19(2)27(23)32-4/h5-15,17H,16H2,1-4H3,(H,29,30)/b18-13+. The SMILES string of the molecule is COc1cccc(CNC(=O)/C=C(\C)c2cc3c(-c4ccccc4)coc3c(C)c2OC)c1. The Bertz CT molecular complexity index is 1320. The second kappa shape index (κ2) is 9.65. The van der Waals surface area contributed by atoms with E-state index in [1.54, 1.807) is 26.6 Å². The van der Waals surface area contributed by atoms with Crippen LogP contribution in [0.25, 0.3) is 27.7 Å². The van der Waals surface area contributed by atoms with Crippen LogP contribution in [-0.4, -0.2) is 20.1 Å². The van der Waals surface area contributed by atoms with E-state index in [1.165, 1.54) is 0 Å². The zero-order valence-corrected chi connectivity index (χ0v) is 19.3. The number of carbonyl (C=O) groups is 1. The highest BCUT2D eigenvalue weighted by molar-refractivity contribution is 6.01. The van der Waals surface area contributed by atoms with Crippen LogP contribution in [0.4, 0.5) is 0 Å². The number of rotatable bonds is 7. The van der Waals surface area contributed by atoms with Gasteiger partial charge in [-0.25, -0.2) is 0 Å². The van der Waals surface area contributed by atoms with Gasteiger partial charge in [-0.15, -0.1) is 0 Å². The number of fused-ring (bicyclic) bond motifs is 1. The Labute approximate surface area is 193 Å². The van der Waals surface area contributed by atoms with E-state index >= 15 is 0 Å². The maximum atomic E-state index is 12.7. The summed E-state index contributed by atoms with van der Waals surface area (Å²) in [5.41, 5.74) is 6.39. The molecule has 5 heteroatoms. The van der Waals surface area contributed by atoms with Gasteiger partial charge in [0.05, 0.1) is 20.5 Å². The number of hydrogen-bond acceptors (Lipinski definition) is 4. The molecule has 0 aliphatic rings. The number of carbonyl (C=O) groups excluding carboxylic acids is 1. The smallest absolute Gasteiger partial charge is 0.244 e. The molecule has 0 radical (unpaired) electrons. The summed E-state index contributed by atoms with van der Waals surface area (Å²) in [4.78, 5) is 12.7. The van der Waals surface area contributed by atoms with Crippen molar-refractivity contribution in [1.82, 2.24) is 5.32 Å². The fourth-order valence-electron chi connectivity index (χ4n) is 4.01. The number of aryl methyl sites for hydroxylation is 1. The Hall–Kier alpha value is -3.99. The molecule has 5 nitrogen and oxygen atoms in total. The van der Waals surface area contributed by atoms with Gasteiger partial charge in [0.15, 0.2) is 0 Å². The van der Waals surface area contributed by atoms with Gasteiger partial charge in [-0.3, -0.25) is 4.79 Å². The molecule has 0 unspecified atom stereocenters. The number of allylic oxidation sites excluding steroid dienone is 1. The molecule has 0 atom stereocenters. The molecule has 0 fully saturated rings. The average Bonchev–Trinajstić information content (AvgIpc) is 3.27. The van der Waals surface area contributed by atoms with Crippen molar-refractivity contribution in [2.75, 3.05) is 14.2 Å². The number of hydrogen-bond donors (Lipinski definition) is 1. The van der Waals surface area contributed by atoms with E-state index in [2.05, 4.69) is 17.4 Å². The van der Waals surface area contributed by atoms with Gasteiger partial charge in [-0.05, 0) is 48.7 Å². The van der Waals surface area contributed by atoms with Crippen molar-refractivity contribution < 1.29 is 18.7 Å². The summed E-state index contributed by atoms with van der Waals surface area (Å²) in [6, 6.07) is 19.8. The van der Waals surface area contributed by atoms with Crippen LogP contribution in [0.3, 0.4) is 0 Å². The molecular weight excluding hydrogens is 414 g/mol. The average molecular weight is 442 g/mol. The van der Waals surface area contributed by atoms with Gasteiger partial charge in [0.1, 0.15) is 17.1 Å². The number of nitrogens with one attached hydrogen (secondary N) is 1. The molecule has 33 heavy (non-hydrogen) atoms. The van der Waals surface area contributed by atoms with Crippen molar-refractivity contribution in [3.8, 4) is 22.6 Å². The fourth-order valence-corrected chi connectivity index (χ4v) is 4.01. The molecule has 0 bridgehead atoms.